The van der Waals surface area contributed by atoms with Crippen molar-refractivity contribution < 1.29 is 8.78 Å². The second-order valence-electron chi connectivity index (χ2n) is 7.02. The number of piperidine rings is 1. The van der Waals surface area contributed by atoms with Crippen molar-refractivity contribution in [2.24, 2.45) is 5.92 Å². The monoisotopic (exact) mass is 308 g/mol. The molecule has 3 rings (SSSR count). The highest BCUT2D eigenvalue weighted by Crippen LogP contribution is 2.37. The summed E-state index contributed by atoms with van der Waals surface area (Å²) >= 11 is 0. The fourth-order valence-electron chi connectivity index (χ4n) is 4.38. The molecular formula is C15H27ClF2N2. The van der Waals surface area contributed by atoms with Gasteiger partial charge in [-0.25, -0.2) is 8.78 Å². The molecule has 0 aromatic carbocycles. The first-order valence-corrected chi connectivity index (χ1v) is 7.86. The van der Waals surface area contributed by atoms with Crippen molar-refractivity contribution in [3.05, 3.63) is 0 Å². The first kappa shape index (κ1) is 16.4. The molecule has 20 heavy (non-hydrogen) atoms. The zero-order chi connectivity index (χ0) is 13.5. The Morgan fingerprint density at radius 3 is 2.40 bits per heavy atom. The second kappa shape index (κ2) is 6.45. The highest BCUT2D eigenvalue weighted by Gasteiger charge is 2.39. The Labute approximate surface area is 127 Å². The highest BCUT2D eigenvalue weighted by molar-refractivity contribution is 5.85. The maximum Gasteiger partial charge on any atom is 0.248 e. The molecule has 3 fully saturated rings. The molecule has 3 atom stereocenters. The van der Waals surface area contributed by atoms with E-state index >= 15 is 0 Å². The minimum Gasteiger partial charge on any atom is -0.311 e. The van der Waals surface area contributed by atoms with Crippen molar-refractivity contribution in [3.63, 3.8) is 0 Å². The molecule has 1 saturated carbocycles. The molecule has 118 valence electrons. The van der Waals surface area contributed by atoms with Gasteiger partial charge in [-0.15, -0.1) is 12.4 Å². The minimum atomic E-state index is -2.41. The number of hydrogen-bond donors (Lipinski definition) is 1. The van der Waals surface area contributed by atoms with Gasteiger partial charge >= 0.3 is 0 Å². The summed E-state index contributed by atoms with van der Waals surface area (Å²) in [6, 6.07) is 1.97. The predicted octanol–water partition coefficient (Wildman–Crippen LogP) is 3.45. The van der Waals surface area contributed by atoms with Crippen LogP contribution in [0.4, 0.5) is 8.78 Å². The van der Waals surface area contributed by atoms with E-state index in [0.29, 0.717) is 24.5 Å². The SMILES string of the molecule is CN(CC1CCCC(F)(F)C1)C1CC2CCC(C1)N2.Cl. The summed E-state index contributed by atoms with van der Waals surface area (Å²) in [5.74, 6) is -2.21. The molecule has 2 saturated heterocycles. The van der Waals surface area contributed by atoms with Crippen molar-refractivity contribution in [2.75, 3.05) is 13.6 Å². The lowest BCUT2D eigenvalue weighted by molar-refractivity contribution is -0.0581. The smallest absolute Gasteiger partial charge is 0.248 e. The third-order valence-corrected chi connectivity index (χ3v) is 5.36. The second-order valence-corrected chi connectivity index (χ2v) is 7.02. The molecule has 5 heteroatoms. The standard InChI is InChI=1S/C15H26F2N2.ClH/c1-19(10-11-3-2-6-15(16,17)9-11)14-7-12-4-5-13(8-14)18-12;/h11-14,18H,2-10H2,1H3;1H. The van der Waals surface area contributed by atoms with Crippen molar-refractivity contribution in [1.82, 2.24) is 10.2 Å². The molecule has 0 radical (unpaired) electrons. The predicted molar refractivity (Wildman–Crippen MR) is 79.8 cm³/mol. The van der Waals surface area contributed by atoms with E-state index in [1.165, 1.54) is 25.7 Å². The Hall–Kier alpha value is 0.0700. The molecule has 1 aliphatic carbocycles. The van der Waals surface area contributed by atoms with Gasteiger partial charge in [0, 0.05) is 37.5 Å². The summed E-state index contributed by atoms with van der Waals surface area (Å²) in [6.07, 6.45) is 6.90. The Balaban J connectivity index is 0.00000147. The van der Waals surface area contributed by atoms with Crippen LogP contribution in [0.3, 0.4) is 0 Å². The molecular weight excluding hydrogens is 282 g/mol. The average molecular weight is 309 g/mol. The molecule has 2 heterocycles. The Morgan fingerprint density at radius 2 is 1.80 bits per heavy atom. The van der Waals surface area contributed by atoms with Gasteiger partial charge in [0.25, 0.3) is 0 Å². The van der Waals surface area contributed by atoms with Crippen LogP contribution in [-0.2, 0) is 0 Å². The summed E-state index contributed by atoms with van der Waals surface area (Å²) in [6.45, 7) is 0.861. The number of halogens is 3. The molecule has 2 aliphatic heterocycles. The van der Waals surface area contributed by atoms with Crippen LogP contribution in [0.15, 0.2) is 0 Å². The summed E-state index contributed by atoms with van der Waals surface area (Å²) in [7, 11) is 2.14. The summed E-state index contributed by atoms with van der Waals surface area (Å²) < 4.78 is 26.9. The van der Waals surface area contributed by atoms with Crippen LogP contribution in [-0.4, -0.2) is 42.5 Å². The fraction of sp³-hybridized carbons (Fsp3) is 1.00. The summed E-state index contributed by atoms with van der Waals surface area (Å²) in [5.41, 5.74) is 0. The van der Waals surface area contributed by atoms with Crippen LogP contribution in [0.1, 0.15) is 51.4 Å². The van der Waals surface area contributed by atoms with Crippen LogP contribution in [0.25, 0.3) is 0 Å². The Bertz CT molecular complexity index is 315. The first-order valence-electron chi connectivity index (χ1n) is 7.86. The quantitative estimate of drug-likeness (QED) is 0.859. The highest BCUT2D eigenvalue weighted by atomic mass is 35.5. The first-order chi connectivity index (χ1) is 9.02. The molecule has 3 aliphatic rings. The molecule has 1 N–H and O–H groups in total. The Morgan fingerprint density at radius 1 is 1.15 bits per heavy atom. The van der Waals surface area contributed by atoms with Crippen LogP contribution < -0.4 is 5.32 Å². The topological polar surface area (TPSA) is 15.3 Å². The number of alkyl halides is 2. The minimum absolute atomic E-state index is 0. The van der Waals surface area contributed by atoms with Gasteiger partial charge in [-0.2, -0.15) is 0 Å². The lowest BCUT2D eigenvalue weighted by atomic mass is 9.85. The van der Waals surface area contributed by atoms with Gasteiger partial charge in [-0.1, -0.05) is 0 Å². The van der Waals surface area contributed by atoms with E-state index in [4.69, 9.17) is 0 Å². The van der Waals surface area contributed by atoms with Crippen LogP contribution in [0.5, 0.6) is 0 Å². The van der Waals surface area contributed by atoms with Gasteiger partial charge in [0.15, 0.2) is 0 Å². The molecule has 0 aromatic heterocycles. The van der Waals surface area contributed by atoms with Crippen molar-refractivity contribution in [3.8, 4) is 0 Å². The maximum absolute atomic E-state index is 13.5. The van der Waals surface area contributed by atoms with Gasteiger partial charge in [0.1, 0.15) is 0 Å². The molecule has 0 spiro atoms. The van der Waals surface area contributed by atoms with Crippen molar-refractivity contribution >= 4 is 12.4 Å². The molecule has 3 unspecified atom stereocenters. The van der Waals surface area contributed by atoms with Gasteiger partial charge in [-0.05, 0) is 51.5 Å². The Kier molecular flexibility index (Phi) is 5.30. The lowest BCUT2D eigenvalue weighted by Crippen LogP contribution is -2.48. The van der Waals surface area contributed by atoms with Crippen molar-refractivity contribution in [2.45, 2.75) is 75.4 Å². The van der Waals surface area contributed by atoms with E-state index in [-0.39, 0.29) is 31.2 Å². The van der Waals surface area contributed by atoms with Crippen LogP contribution in [0.2, 0.25) is 0 Å². The zero-order valence-corrected chi connectivity index (χ0v) is 13.1. The van der Waals surface area contributed by atoms with E-state index in [1.54, 1.807) is 0 Å². The zero-order valence-electron chi connectivity index (χ0n) is 12.3. The van der Waals surface area contributed by atoms with Crippen LogP contribution >= 0.6 is 12.4 Å². The van der Waals surface area contributed by atoms with E-state index in [0.717, 1.165) is 13.0 Å². The van der Waals surface area contributed by atoms with E-state index < -0.39 is 5.92 Å². The average Bonchev–Trinajstić information content (AvgIpc) is 2.67. The van der Waals surface area contributed by atoms with E-state index in [2.05, 4.69) is 17.3 Å². The summed E-state index contributed by atoms with van der Waals surface area (Å²) in [5, 5.41) is 3.65. The van der Waals surface area contributed by atoms with Gasteiger partial charge < -0.3 is 10.2 Å². The third kappa shape index (κ3) is 3.83. The third-order valence-electron chi connectivity index (χ3n) is 5.36. The summed E-state index contributed by atoms with van der Waals surface area (Å²) in [4.78, 5) is 2.37. The van der Waals surface area contributed by atoms with Gasteiger partial charge in [0.2, 0.25) is 5.92 Å². The van der Waals surface area contributed by atoms with Crippen molar-refractivity contribution in [1.29, 1.82) is 0 Å². The number of nitrogens with one attached hydrogen (secondary N) is 1. The fourth-order valence-corrected chi connectivity index (χ4v) is 4.38. The number of hydrogen-bond acceptors (Lipinski definition) is 2. The van der Waals surface area contributed by atoms with E-state index in [9.17, 15) is 8.78 Å². The molecule has 2 bridgehead atoms. The van der Waals surface area contributed by atoms with Crippen LogP contribution in [0, 0.1) is 5.92 Å². The van der Waals surface area contributed by atoms with Gasteiger partial charge in [0.05, 0.1) is 0 Å². The van der Waals surface area contributed by atoms with E-state index in [1.807, 2.05) is 0 Å². The number of nitrogens with zero attached hydrogens (tertiary/aromatic N) is 1. The lowest BCUT2D eigenvalue weighted by Gasteiger charge is -2.39. The molecule has 2 nitrogen and oxygen atoms in total. The number of fused-ring (bicyclic) bond motifs is 2. The van der Waals surface area contributed by atoms with Gasteiger partial charge in [-0.3, -0.25) is 0 Å². The maximum atomic E-state index is 13.5. The molecule has 0 amide bonds. The number of rotatable bonds is 3. The largest absolute Gasteiger partial charge is 0.311 e. The molecule has 0 aromatic rings. The normalized spacial score (nSPS) is 39.6.